The molecule has 0 saturated carbocycles. The van der Waals surface area contributed by atoms with Crippen LogP contribution in [0.15, 0.2) is 30.3 Å². The second-order valence-corrected chi connectivity index (χ2v) is 5.04. The lowest BCUT2D eigenvalue weighted by Gasteiger charge is -2.12. The third kappa shape index (κ3) is 3.82. The molecular weight excluding hydrogens is 260 g/mol. The fraction of sp³-hybridized carbons (Fsp3) is 0.400. The predicted molar refractivity (Wildman–Crippen MR) is 80.0 cm³/mol. The standard InChI is InChI=1S/C15H19ClN2O/c1-18(2)8-5-9-19-15-10-12(11-16)17-14-7-4-3-6-13(14)15/h3-4,6-7,10H,5,8-9,11H2,1-2H3. The lowest BCUT2D eigenvalue weighted by atomic mass is 10.2. The molecule has 2 aromatic rings. The second kappa shape index (κ2) is 6.73. The molecule has 2 rings (SSSR count). The summed E-state index contributed by atoms with van der Waals surface area (Å²) in [4.78, 5) is 6.64. The number of rotatable bonds is 6. The normalized spacial score (nSPS) is 11.2. The summed E-state index contributed by atoms with van der Waals surface area (Å²) in [5.41, 5.74) is 1.78. The van der Waals surface area contributed by atoms with Crippen LogP contribution in [-0.4, -0.2) is 37.1 Å². The number of alkyl halides is 1. The molecule has 0 aliphatic carbocycles. The fourth-order valence-electron chi connectivity index (χ4n) is 1.95. The summed E-state index contributed by atoms with van der Waals surface area (Å²) >= 11 is 5.88. The number of halogens is 1. The van der Waals surface area contributed by atoms with E-state index in [2.05, 4.69) is 24.0 Å². The Morgan fingerprint density at radius 2 is 2.05 bits per heavy atom. The van der Waals surface area contributed by atoms with Crippen LogP contribution in [0.4, 0.5) is 0 Å². The molecule has 0 aliphatic heterocycles. The number of fused-ring (bicyclic) bond motifs is 1. The number of hydrogen-bond acceptors (Lipinski definition) is 3. The molecule has 4 heteroatoms. The lowest BCUT2D eigenvalue weighted by molar-refractivity contribution is 0.284. The van der Waals surface area contributed by atoms with Gasteiger partial charge >= 0.3 is 0 Å². The molecular formula is C15H19ClN2O. The Balaban J connectivity index is 2.16. The minimum absolute atomic E-state index is 0.402. The SMILES string of the molecule is CN(C)CCCOc1cc(CCl)nc2ccccc12. The second-order valence-electron chi connectivity index (χ2n) is 4.77. The highest BCUT2D eigenvalue weighted by atomic mass is 35.5. The number of ether oxygens (including phenoxy) is 1. The Labute approximate surface area is 119 Å². The van der Waals surface area contributed by atoms with Gasteiger partial charge in [-0.15, -0.1) is 11.6 Å². The number of para-hydroxylation sites is 1. The van der Waals surface area contributed by atoms with Crippen LogP contribution in [0.2, 0.25) is 0 Å². The minimum atomic E-state index is 0.402. The minimum Gasteiger partial charge on any atom is -0.493 e. The molecule has 0 amide bonds. The predicted octanol–water partition coefficient (Wildman–Crippen LogP) is 3.30. The molecule has 0 N–H and O–H groups in total. The van der Waals surface area contributed by atoms with E-state index in [-0.39, 0.29) is 0 Å². The lowest BCUT2D eigenvalue weighted by Crippen LogP contribution is -2.15. The summed E-state index contributed by atoms with van der Waals surface area (Å²) in [6.07, 6.45) is 1.000. The zero-order valence-corrected chi connectivity index (χ0v) is 12.2. The Morgan fingerprint density at radius 1 is 1.26 bits per heavy atom. The van der Waals surface area contributed by atoms with E-state index >= 15 is 0 Å². The third-order valence-corrected chi connectivity index (χ3v) is 3.15. The van der Waals surface area contributed by atoms with Gasteiger partial charge in [-0.05, 0) is 32.6 Å². The van der Waals surface area contributed by atoms with Crippen LogP contribution in [0.5, 0.6) is 5.75 Å². The highest BCUT2D eigenvalue weighted by molar-refractivity contribution is 6.17. The molecule has 1 heterocycles. The molecule has 102 valence electrons. The van der Waals surface area contributed by atoms with E-state index in [1.165, 1.54) is 0 Å². The molecule has 1 aromatic carbocycles. The van der Waals surface area contributed by atoms with Gasteiger partial charge in [-0.1, -0.05) is 12.1 Å². The molecule has 0 unspecified atom stereocenters. The Hall–Kier alpha value is -1.32. The van der Waals surface area contributed by atoms with E-state index in [1.54, 1.807) is 0 Å². The number of benzene rings is 1. The van der Waals surface area contributed by atoms with Crippen molar-refractivity contribution in [2.75, 3.05) is 27.2 Å². The quantitative estimate of drug-likeness (QED) is 0.599. The van der Waals surface area contributed by atoms with Gasteiger partial charge in [0.1, 0.15) is 5.75 Å². The topological polar surface area (TPSA) is 25.4 Å². The van der Waals surface area contributed by atoms with Crippen molar-refractivity contribution in [3.8, 4) is 5.75 Å². The van der Waals surface area contributed by atoms with Gasteiger partial charge in [0, 0.05) is 18.0 Å². The summed E-state index contributed by atoms with van der Waals surface area (Å²) in [6, 6.07) is 9.92. The Kier molecular flexibility index (Phi) is 5.00. The fourth-order valence-corrected chi connectivity index (χ4v) is 2.08. The van der Waals surface area contributed by atoms with Crippen LogP contribution >= 0.6 is 11.6 Å². The van der Waals surface area contributed by atoms with Gasteiger partial charge < -0.3 is 9.64 Å². The first-order valence-electron chi connectivity index (χ1n) is 6.43. The highest BCUT2D eigenvalue weighted by Gasteiger charge is 2.06. The molecule has 0 atom stereocenters. The van der Waals surface area contributed by atoms with Crippen molar-refractivity contribution in [3.63, 3.8) is 0 Å². The van der Waals surface area contributed by atoms with Crippen molar-refractivity contribution in [3.05, 3.63) is 36.0 Å². The zero-order valence-electron chi connectivity index (χ0n) is 11.4. The van der Waals surface area contributed by atoms with Crippen LogP contribution in [0, 0.1) is 0 Å². The summed E-state index contributed by atoms with van der Waals surface area (Å²) in [5.74, 6) is 1.28. The van der Waals surface area contributed by atoms with E-state index < -0.39 is 0 Å². The van der Waals surface area contributed by atoms with E-state index in [1.807, 2.05) is 30.3 Å². The monoisotopic (exact) mass is 278 g/mol. The molecule has 0 aliphatic rings. The van der Waals surface area contributed by atoms with Gasteiger partial charge in [-0.2, -0.15) is 0 Å². The van der Waals surface area contributed by atoms with E-state index in [9.17, 15) is 0 Å². The van der Waals surface area contributed by atoms with Gasteiger partial charge in [0.2, 0.25) is 0 Å². The first kappa shape index (κ1) is 14.1. The van der Waals surface area contributed by atoms with Crippen molar-refractivity contribution in [1.29, 1.82) is 0 Å². The van der Waals surface area contributed by atoms with Crippen molar-refractivity contribution in [1.82, 2.24) is 9.88 Å². The molecule has 0 spiro atoms. The van der Waals surface area contributed by atoms with Crippen molar-refractivity contribution >= 4 is 22.5 Å². The van der Waals surface area contributed by atoms with Crippen molar-refractivity contribution < 1.29 is 4.74 Å². The smallest absolute Gasteiger partial charge is 0.130 e. The molecule has 0 bridgehead atoms. The van der Waals surface area contributed by atoms with E-state index in [0.29, 0.717) is 12.5 Å². The van der Waals surface area contributed by atoms with Gasteiger partial charge in [0.25, 0.3) is 0 Å². The summed E-state index contributed by atoms with van der Waals surface area (Å²) in [5, 5.41) is 1.04. The zero-order chi connectivity index (χ0) is 13.7. The van der Waals surface area contributed by atoms with Gasteiger partial charge in [-0.3, -0.25) is 4.98 Å². The van der Waals surface area contributed by atoms with Gasteiger partial charge in [-0.25, -0.2) is 0 Å². The molecule has 3 nitrogen and oxygen atoms in total. The van der Waals surface area contributed by atoms with Gasteiger partial charge in [0.15, 0.2) is 0 Å². The highest BCUT2D eigenvalue weighted by Crippen LogP contribution is 2.26. The molecule has 0 fully saturated rings. The van der Waals surface area contributed by atoms with Crippen molar-refractivity contribution in [2.24, 2.45) is 0 Å². The molecule has 0 saturated heterocycles. The molecule has 1 aromatic heterocycles. The van der Waals surface area contributed by atoms with Crippen LogP contribution in [-0.2, 0) is 5.88 Å². The van der Waals surface area contributed by atoms with E-state index in [0.717, 1.165) is 35.3 Å². The van der Waals surface area contributed by atoms with Crippen molar-refractivity contribution in [2.45, 2.75) is 12.3 Å². The Morgan fingerprint density at radius 3 is 2.79 bits per heavy atom. The van der Waals surface area contributed by atoms with Gasteiger partial charge in [0.05, 0.1) is 23.7 Å². The summed E-state index contributed by atoms with van der Waals surface area (Å²) < 4.78 is 5.89. The van der Waals surface area contributed by atoms with E-state index in [4.69, 9.17) is 16.3 Å². The number of aromatic nitrogens is 1. The van der Waals surface area contributed by atoms with Crippen LogP contribution in [0.3, 0.4) is 0 Å². The summed E-state index contributed by atoms with van der Waals surface area (Å²) in [6.45, 7) is 1.72. The maximum atomic E-state index is 5.89. The maximum Gasteiger partial charge on any atom is 0.130 e. The van der Waals surface area contributed by atoms with Crippen LogP contribution < -0.4 is 4.74 Å². The average Bonchev–Trinajstić information content (AvgIpc) is 2.42. The molecule has 19 heavy (non-hydrogen) atoms. The average molecular weight is 279 g/mol. The Bertz CT molecular complexity index is 543. The molecule has 0 radical (unpaired) electrons. The maximum absolute atomic E-state index is 5.89. The number of pyridine rings is 1. The first-order chi connectivity index (χ1) is 9.20. The number of nitrogens with zero attached hydrogens (tertiary/aromatic N) is 2. The largest absolute Gasteiger partial charge is 0.493 e. The van der Waals surface area contributed by atoms with Crippen LogP contribution in [0.25, 0.3) is 10.9 Å². The third-order valence-electron chi connectivity index (χ3n) is 2.88. The van der Waals surface area contributed by atoms with Crippen LogP contribution in [0.1, 0.15) is 12.1 Å². The first-order valence-corrected chi connectivity index (χ1v) is 6.96. The summed E-state index contributed by atoms with van der Waals surface area (Å²) in [7, 11) is 4.13. The number of hydrogen-bond donors (Lipinski definition) is 0.